The highest BCUT2D eigenvalue weighted by Crippen LogP contribution is 2.16. The van der Waals surface area contributed by atoms with Gasteiger partial charge in [-0.2, -0.15) is 0 Å². The number of aryl methyl sites for hydroxylation is 1. The Labute approximate surface area is 102 Å². The first kappa shape index (κ1) is 11.5. The van der Waals surface area contributed by atoms with E-state index < -0.39 is 5.97 Å². The van der Waals surface area contributed by atoms with Crippen molar-refractivity contribution >= 4 is 22.4 Å². The Hall–Kier alpha value is -1.95. The molecule has 0 bridgehead atoms. The molecule has 0 aliphatic rings. The molecule has 2 aromatic heterocycles. The lowest BCUT2D eigenvalue weighted by Crippen LogP contribution is -2.02. The molecule has 2 heterocycles. The lowest BCUT2D eigenvalue weighted by molar-refractivity contribution is 0.0691. The van der Waals surface area contributed by atoms with E-state index in [1.807, 2.05) is 13.0 Å². The van der Waals surface area contributed by atoms with Gasteiger partial charge in [-0.3, -0.25) is 4.98 Å². The quantitative estimate of drug-likeness (QED) is 0.868. The van der Waals surface area contributed by atoms with E-state index in [0.29, 0.717) is 11.7 Å². The number of aromatic carboxylic acids is 1. The summed E-state index contributed by atoms with van der Waals surface area (Å²) < 4.78 is 0. The summed E-state index contributed by atoms with van der Waals surface area (Å²) in [4.78, 5) is 18.6. The van der Waals surface area contributed by atoms with E-state index >= 15 is 0 Å². The molecule has 2 rings (SSSR count). The predicted molar refractivity (Wildman–Crippen MR) is 65.4 cm³/mol. The largest absolute Gasteiger partial charge is 0.476 e. The zero-order chi connectivity index (χ0) is 12.3. The van der Waals surface area contributed by atoms with E-state index in [4.69, 9.17) is 5.11 Å². The summed E-state index contributed by atoms with van der Waals surface area (Å²) in [7, 11) is 0. The van der Waals surface area contributed by atoms with Gasteiger partial charge in [0.05, 0.1) is 0 Å². The molecule has 0 unspecified atom stereocenters. The van der Waals surface area contributed by atoms with Crippen LogP contribution in [0.1, 0.15) is 21.6 Å². The van der Waals surface area contributed by atoms with E-state index in [9.17, 15) is 4.79 Å². The minimum atomic E-state index is -1.01. The fraction of sp³-hybridized carbons (Fsp3) is 0.182. The maximum absolute atomic E-state index is 10.6. The number of carbonyl (C=O) groups is 1. The van der Waals surface area contributed by atoms with Crippen molar-refractivity contribution in [1.29, 1.82) is 0 Å². The van der Waals surface area contributed by atoms with Gasteiger partial charge in [0, 0.05) is 24.3 Å². The van der Waals surface area contributed by atoms with Crippen molar-refractivity contribution in [3.05, 3.63) is 40.7 Å². The summed E-state index contributed by atoms with van der Waals surface area (Å²) in [5, 5.41) is 13.9. The minimum absolute atomic E-state index is 0.0698. The number of nitrogens with zero attached hydrogens (tertiary/aromatic N) is 2. The first-order chi connectivity index (χ1) is 8.16. The highest BCUT2D eigenvalue weighted by atomic mass is 32.1. The zero-order valence-corrected chi connectivity index (χ0v) is 9.99. The maximum atomic E-state index is 10.6. The van der Waals surface area contributed by atoms with Gasteiger partial charge in [0.2, 0.25) is 0 Å². The average Bonchev–Trinajstić information content (AvgIpc) is 2.77. The molecule has 0 spiro atoms. The van der Waals surface area contributed by atoms with Gasteiger partial charge in [0.15, 0.2) is 10.8 Å². The molecule has 0 atom stereocenters. The van der Waals surface area contributed by atoms with Gasteiger partial charge in [-0.1, -0.05) is 0 Å². The number of anilines is 1. The third-order valence-corrected chi connectivity index (χ3v) is 3.10. The van der Waals surface area contributed by atoms with Gasteiger partial charge in [-0.05, 0) is 24.1 Å². The molecule has 88 valence electrons. The van der Waals surface area contributed by atoms with Crippen LogP contribution in [0, 0.1) is 6.92 Å². The summed E-state index contributed by atoms with van der Waals surface area (Å²) in [6.07, 6.45) is 3.53. The molecule has 0 aliphatic heterocycles. The smallest absolute Gasteiger partial charge is 0.355 e. The second kappa shape index (κ2) is 4.92. The van der Waals surface area contributed by atoms with Gasteiger partial charge in [0.1, 0.15) is 0 Å². The topological polar surface area (TPSA) is 75.1 Å². The van der Waals surface area contributed by atoms with E-state index in [1.54, 1.807) is 12.4 Å². The van der Waals surface area contributed by atoms with Crippen molar-refractivity contribution in [2.24, 2.45) is 0 Å². The van der Waals surface area contributed by atoms with Crippen LogP contribution in [-0.2, 0) is 6.54 Å². The summed E-state index contributed by atoms with van der Waals surface area (Å²) in [5.41, 5.74) is 2.28. The van der Waals surface area contributed by atoms with Crippen LogP contribution >= 0.6 is 11.3 Å². The van der Waals surface area contributed by atoms with Crippen LogP contribution in [0.3, 0.4) is 0 Å². The maximum Gasteiger partial charge on any atom is 0.355 e. The Kier molecular flexibility index (Phi) is 3.34. The highest BCUT2D eigenvalue weighted by molar-refractivity contribution is 7.13. The van der Waals surface area contributed by atoms with E-state index in [1.165, 1.54) is 16.7 Å². The van der Waals surface area contributed by atoms with Crippen molar-refractivity contribution in [2.45, 2.75) is 13.5 Å². The number of carboxylic acid groups (broad SMARTS) is 1. The number of carboxylic acids is 1. The Morgan fingerprint density at radius 1 is 1.59 bits per heavy atom. The van der Waals surface area contributed by atoms with Gasteiger partial charge >= 0.3 is 5.97 Å². The normalized spacial score (nSPS) is 10.2. The summed E-state index contributed by atoms with van der Waals surface area (Å²) in [6.45, 7) is 2.59. The van der Waals surface area contributed by atoms with Crippen molar-refractivity contribution in [2.75, 3.05) is 5.32 Å². The van der Waals surface area contributed by atoms with Crippen LogP contribution in [0.5, 0.6) is 0 Å². The van der Waals surface area contributed by atoms with E-state index in [2.05, 4.69) is 15.3 Å². The third-order valence-electron chi connectivity index (χ3n) is 2.30. The van der Waals surface area contributed by atoms with Crippen molar-refractivity contribution in [3.63, 3.8) is 0 Å². The van der Waals surface area contributed by atoms with Crippen LogP contribution in [-0.4, -0.2) is 21.0 Å². The Balaban J connectivity index is 2.02. The fourth-order valence-corrected chi connectivity index (χ4v) is 1.99. The minimum Gasteiger partial charge on any atom is -0.476 e. The number of hydrogen-bond acceptors (Lipinski definition) is 5. The first-order valence-electron chi connectivity index (χ1n) is 4.99. The Morgan fingerprint density at radius 2 is 2.41 bits per heavy atom. The van der Waals surface area contributed by atoms with Crippen LogP contribution < -0.4 is 5.32 Å². The number of pyridine rings is 1. The third kappa shape index (κ3) is 2.79. The van der Waals surface area contributed by atoms with Crippen molar-refractivity contribution < 1.29 is 9.90 Å². The van der Waals surface area contributed by atoms with Crippen LogP contribution in [0.15, 0.2) is 23.8 Å². The second-order valence-electron chi connectivity index (χ2n) is 3.50. The van der Waals surface area contributed by atoms with Gasteiger partial charge in [-0.15, -0.1) is 11.3 Å². The van der Waals surface area contributed by atoms with Crippen molar-refractivity contribution in [3.8, 4) is 0 Å². The number of rotatable bonds is 4. The molecule has 0 radical (unpaired) electrons. The van der Waals surface area contributed by atoms with Gasteiger partial charge in [0.25, 0.3) is 0 Å². The molecule has 0 saturated heterocycles. The predicted octanol–water partition coefficient (Wildman–Crippen LogP) is 2.16. The first-order valence-corrected chi connectivity index (χ1v) is 5.87. The molecule has 5 nitrogen and oxygen atoms in total. The summed E-state index contributed by atoms with van der Waals surface area (Å²) in [5.74, 6) is -1.01. The zero-order valence-electron chi connectivity index (χ0n) is 9.17. The number of thiazole rings is 1. The SMILES string of the molecule is Cc1ccncc1CNc1nc(C(=O)O)cs1. The number of nitrogens with one attached hydrogen (secondary N) is 1. The standard InChI is InChI=1S/C11H11N3O2S/c1-7-2-3-12-4-8(7)5-13-11-14-9(6-17-11)10(15)16/h2-4,6H,5H2,1H3,(H,13,14)(H,15,16). The lowest BCUT2D eigenvalue weighted by Gasteiger charge is -2.05. The second-order valence-corrected chi connectivity index (χ2v) is 4.36. The summed E-state index contributed by atoms with van der Waals surface area (Å²) in [6, 6.07) is 1.93. The number of aromatic nitrogens is 2. The number of hydrogen-bond donors (Lipinski definition) is 2. The monoisotopic (exact) mass is 249 g/mol. The molecular formula is C11H11N3O2S. The average molecular weight is 249 g/mol. The highest BCUT2D eigenvalue weighted by Gasteiger charge is 2.08. The lowest BCUT2D eigenvalue weighted by atomic mass is 10.2. The molecule has 17 heavy (non-hydrogen) atoms. The van der Waals surface area contributed by atoms with E-state index in [-0.39, 0.29) is 5.69 Å². The molecule has 2 N–H and O–H groups in total. The van der Waals surface area contributed by atoms with Gasteiger partial charge < -0.3 is 10.4 Å². The van der Waals surface area contributed by atoms with E-state index in [0.717, 1.165) is 11.1 Å². The Morgan fingerprint density at radius 3 is 3.06 bits per heavy atom. The molecular weight excluding hydrogens is 238 g/mol. The van der Waals surface area contributed by atoms with Crippen LogP contribution in [0.4, 0.5) is 5.13 Å². The molecule has 6 heteroatoms. The summed E-state index contributed by atoms with van der Waals surface area (Å²) >= 11 is 1.28. The van der Waals surface area contributed by atoms with Crippen LogP contribution in [0.2, 0.25) is 0 Å². The fourth-order valence-electron chi connectivity index (χ4n) is 1.31. The molecule has 0 amide bonds. The Bertz CT molecular complexity index is 539. The molecule has 0 aromatic carbocycles. The molecule has 0 aliphatic carbocycles. The van der Waals surface area contributed by atoms with Crippen molar-refractivity contribution in [1.82, 2.24) is 9.97 Å². The van der Waals surface area contributed by atoms with Crippen LogP contribution in [0.25, 0.3) is 0 Å². The molecule has 2 aromatic rings. The molecule has 0 fully saturated rings. The molecule has 0 saturated carbocycles. The van der Waals surface area contributed by atoms with Gasteiger partial charge in [-0.25, -0.2) is 9.78 Å².